The Labute approximate surface area is 85.5 Å². The van der Waals surface area contributed by atoms with Gasteiger partial charge in [-0.05, 0) is 12.1 Å². The highest BCUT2D eigenvalue weighted by Crippen LogP contribution is 2.29. The van der Waals surface area contributed by atoms with Crippen molar-refractivity contribution in [1.29, 1.82) is 5.26 Å². The van der Waals surface area contributed by atoms with Crippen molar-refractivity contribution in [3.8, 4) is 6.07 Å². The van der Waals surface area contributed by atoms with E-state index in [1.807, 2.05) is 6.07 Å². The zero-order valence-electron chi connectivity index (χ0n) is 5.89. The summed E-state index contributed by atoms with van der Waals surface area (Å²) in [5, 5.41) is 8.75. The summed E-state index contributed by atoms with van der Waals surface area (Å²) in [5.74, 6) is 0. The van der Waals surface area contributed by atoms with Crippen molar-refractivity contribution in [3.05, 3.63) is 33.8 Å². The summed E-state index contributed by atoms with van der Waals surface area (Å²) in [7, 11) is 0. The van der Waals surface area contributed by atoms with E-state index in [1.165, 1.54) is 0 Å². The van der Waals surface area contributed by atoms with Crippen LogP contribution in [0.15, 0.2) is 18.2 Å². The quantitative estimate of drug-likeness (QED) is 0.661. The molecule has 0 bridgehead atoms. The van der Waals surface area contributed by atoms with E-state index in [0.717, 1.165) is 0 Å². The fraction of sp³-hybridized carbons (Fsp3) is 0.125. The number of hydrogen-bond acceptors (Lipinski definition) is 1. The van der Waals surface area contributed by atoms with Gasteiger partial charge >= 0.3 is 0 Å². The lowest BCUT2D eigenvalue weighted by Gasteiger charge is -2.03. The maximum absolute atomic E-state index is 8.51. The van der Waals surface area contributed by atoms with E-state index in [1.54, 1.807) is 18.2 Å². The monoisotopic (exact) mass is 219 g/mol. The topological polar surface area (TPSA) is 23.8 Å². The Morgan fingerprint density at radius 1 is 1.33 bits per heavy atom. The Morgan fingerprint density at radius 2 is 2.00 bits per heavy atom. The molecule has 1 unspecified atom stereocenters. The van der Waals surface area contributed by atoms with Crippen molar-refractivity contribution < 1.29 is 0 Å². The summed E-state index contributed by atoms with van der Waals surface area (Å²) in [6.45, 7) is 0. The van der Waals surface area contributed by atoms with E-state index in [9.17, 15) is 0 Å². The average molecular weight is 220 g/mol. The summed E-state index contributed by atoms with van der Waals surface area (Å²) >= 11 is 17.1. The summed E-state index contributed by atoms with van der Waals surface area (Å²) in [4.78, 5) is 0. The Bertz CT molecular complexity index is 330. The molecule has 0 aliphatic carbocycles. The molecule has 0 saturated heterocycles. The molecule has 0 radical (unpaired) electrons. The molecule has 0 aliphatic rings. The molecule has 1 nitrogen and oxygen atoms in total. The van der Waals surface area contributed by atoms with E-state index in [0.29, 0.717) is 15.6 Å². The fourth-order valence-corrected chi connectivity index (χ4v) is 1.54. The van der Waals surface area contributed by atoms with Crippen molar-refractivity contribution in [1.82, 2.24) is 0 Å². The SMILES string of the molecule is N#CC(Cl)c1ccc(Cl)cc1Cl. The molecule has 0 aliphatic heterocycles. The molecule has 12 heavy (non-hydrogen) atoms. The molecule has 0 saturated carbocycles. The predicted octanol–water partition coefficient (Wildman–Crippen LogP) is 3.80. The Balaban J connectivity index is 3.11. The standard InChI is InChI=1S/C8H4Cl3N/c9-5-1-2-6(7(10)3-5)8(11)4-12/h1-3,8H. The highest BCUT2D eigenvalue weighted by atomic mass is 35.5. The number of halogens is 3. The van der Waals surface area contributed by atoms with Gasteiger partial charge < -0.3 is 0 Å². The zero-order valence-corrected chi connectivity index (χ0v) is 8.16. The van der Waals surface area contributed by atoms with Crippen LogP contribution in [0.25, 0.3) is 0 Å². The van der Waals surface area contributed by atoms with Crippen LogP contribution in [-0.2, 0) is 0 Å². The lowest BCUT2D eigenvalue weighted by molar-refractivity contribution is 1.21. The first-order chi connectivity index (χ1) is 5.65. The third-order valence-corrected chi connectivity index (χ3v) is 2.24. The normalized spacial score (nSPS) is 12.2. The molecule has 0 aromatic heterocycles. The minimum atomic E-state index is -0.713. The zero-order chi connectivity index (χ0) is 9.14. The molecular formula is C8H4Cl3N. The minimum absolute atomic E-state index is 0.420. The maximum Gasteiger partial charge on any atom is 0.146 e. The molecule has 1 aromatic rings. The minimum Gasteiger partial charge on any atom is -0.196 e. The van der Waals surface area contributed by atoms with Gasteiger partial charge in [0.25, 0.3) is 0 Å². The van der Waals surface area contributed by atoms with Gasteiger partial charge in [0, 0.05) is 15.6 Å². The van der Waals surface area contributed by atoms with Crippen molar-refractivity contribution in [3.63, 3.8) is 0 Å². The summed E-state index contributed by atoms with van der Waals surface area (Å²) in [5.41, 5.74) is 0.588. The van der Waals surface area contributed by atoms with Crippen LogP contribution in [0.4, 0.5) is 0 Å². The number of benzene rings is 1. The number of alkyl halides is 1. The highest BCUT2D eigenvalue weighted by molar-refractivity contribution is 6.36. The number of nitriles is 1. The molecule has 1 aromatic carbocycles. The third-order valence-electron chi connectivity index (χ3n) is 1.35. The van der Waals surface area contributed by atoms with Crippen molar-refractivity contribution >= 4 is 34.8 Å². The molecule has 0 amide bonds. The van der Waals surface area contributed by atoms with Crippen LogP contribution in [0.2, 0.25) is 10.0 Å². The smallest absolute Gasteiger partial charge is 0.146 e. The van der Waals surface area contributed by atoms with E-state index >= 15 is 0 Å². The van der Waals surface area contributed by atoms with Crippen LogP contribution in [0, 0.1) is 11.3 Å². The Kier molecular flexibility index (Phi) is 3.22. The second kappa shape index (κ2) is 4.00. The van der Waals surface area contributed by atoms with Gasteiger partial charge in [0.05, 0.1) is 6.07 Å². The number of nitrogens with zero attached hydrogens (tertiary/aromatic N) is 1. The van der Waals surface area contributed by atoms with Gasteiger partial charge in [-0.2, -0.15) is 5.26 Å². The average Bonchev–Trinajstić information content (AvgIpc) is 2.03. The van der Waals surface area contributed by atoms with Gasteiger partial charge in [0.1, 0.15) is 5.38 Å². The fourth-order valence-electron chi connectivity index (χ4n) is 0.777. The summed E-state index contributed by atoms with van der Waals surface area (Å²) in [6, 6.07) is 6.73. The number of hydrogen-bond donors (Lipinski definition) is 0. The van der Waals surface area contributed by atoms with Gasteiger partial charge in [-0.25, -0.2) is 0 Å². The van der Waals surface area contributed by atoms with Crippen LogP contribution < -0.4 is 0 Å². The van der Waals surface area contributed by atoms with Crippen molar-refractivity contribution in [2.75, 3.05) is 0 Å². The van der Waals surface area contributed by atoms with Crippen LogP contribution in [-0.4, -0.2) is 0 Å². The lowest BCUT2D eigenvalue weighted by atomic mass is 10.2. The van der Waals surface area contributed by atoms with E-state index in [2.05, 4.69) is 0 Å². The molecule has 1 rings (SSSR count). The van der Waals surface area contributed by atoms with Gasteiger partial charge in [0.15, 0.2) is 0 Å². The first-order valence-electron chi connectivity index (χ1n) is 3.14. The van der Waals surface area contributed by atoms with Crippen LogP contribution in [0.5, 0.6) is 0 Å². The van der Waals surface area contributed by atoms with E-state index < -0.39 is 5.38 Å². The molecule has 0 heterocycles. The molecule has 0 fully saturated rings. The Morgan fingerprint density at radius 3 is 2.50 bits per heavy atom. The van der Waals surface area contributed by atoms with Gasteiger partial charge in [0.2, 0.25) is 0 Å². The maximum atomic E-state index is 8.51. The van der Waals surface area contributed by atoms with E-state index in [-0.39, 0.29) is 0 Å². The second-order valence-electron chi connectivity index (χ2n) is 2.16. The molecule has 0 spiro atoms. The molecule has 4 heteroatoms. The van der Waals surface area contributed by atoms with Crippen LogP contribution >= 0.6 is 34.8 Å². The van der Waals surface area contributed by atoms with Crippen LogP contribution in [0.3, 0.4) is 0 Å². The van der Waals surface area contributed by atoms with Crippen molar-refractivity contribution in [2.45, 2.75) is 5.38 Å². The number of rotatable bonds is 1. The lowest BCUT2D eigenvalue weighted by Crippen LogP contribution is -1.87. The van der Waals surface area contributed by atoms with Crippen LogP contribution in [0.1, 0.15) is 10.9 Å². The van der Waals surface area contributed by atoms with Gasteiger partial charge in [-0.1, -0.05) is 29.3 Å². The van der Waals surface area contributed by atoms with Gasteiger partial charge in [-0.3, -0.25) is 0 Å². The first-order valence-corrected chi connectivity index (χ1v) is 4.33. The third kappa shape index (κ3) is 2.04. The van der Waals surface area contributed by atoms with Gasteiger partial charge in [-0.15, -0.1) is 11.6 Å². The van der Waals surface area contributed by atoms with Crippen molar-refractivity contribution in [2.24, 2.45) is 0 Å². The molecule has 62 valence electrons. The predicted molar refractivity (Wildman–Crippen MR) is 50.7 cm³/mol. The molecule has 1 atom stereocenters. The molecule has 0 N–H and O–H groups in total. The Hall–Kier alpha value is -0.420. The molecular weight excluding hydrogens is 216 g/mol. The first kappa shape index (κ1) is 9.67. The summed E-state index contributed by atoms with van der Waals surface area (Å²) < 4.78 is 0. The summed E-state index contributed by atoms with van der Waals surface area (Å²) in [6.07, 6.45) is 0. The highest BCUT2D eigenvalue weighted by Gasteiger charge is 2.10. The largest absolute Gasteiger partial charge is 0.196 e. The van der Waals surface area contributed by atoms with E-state index in [4.69, 9.17) is 40.1 Å². The second-order valence-corrected chi connectivity index (χ2v) is 3.44.